The summed E-state index contributed by atoms with van der Waals surface area (Å²) >= 11 is 0. The number of benzene rings is 1. The first-order valence-electron chi connectivity index (χ1n) is 6.45. The lowest BCUT2D eigenvalue weighted by Crippen LogP contribution is -2.28. The summed E-state index contributed by atoms with van der Waals surface area (Å²) in [6.07, 6.45) is 0. The summed E-state index contributed by atoms with van der Waals surface area (Å²) < 4.78 is 0. The number of carbonyl (C=O) groups is 1. The Balaban J connectivity index is 3.31. The summed E-state index contributed by atoms with van der Waals surface area (Å²) in [6, 6.07) is 0. The van der Waals surface area contributed by atoms with Crippen molar-refractivity contribution in [2.45, 2.75) is 55.4 Å². The second-order valence-electron chi connectivity index (χ2n) is 6.20. The number of hydrogen-bond acceptors (Lipinski definition) is 1. The van der Waals surface area contributed by atoms with E-state index >= 15 is 0 Å². The Hall–Kier alpha value is -1.31. The molecule has 1 N–H and O–H groups in total. The summed E-state index contributed by atoms with van der Waals surface area (Å²) in [4.78, 5) is 12.1. The lowest BCUT2D eigenvalue weighted by Gasteiger charge is -2.23. The van der Waals surface area contributed by atoms with Crippen LogP contribution in [0.15, 0.2) is 0 Å². The predicted octanol–water partition coefficient (Wildman–Crippen LogP) is 4.21. The van der Waals surface area contributed by atoms with Crippen molar-refractivity contribution in [1.29, 1.82) is 0 Å². The average molecular weight is 247 g/mol. The van der Waals surface area contributed by atoms with Crippen LogP contribution in [-0.2, 0) is 4.79 Å². The Kier molecular flexibility index (Phi) is 3.89. The van der Waals surface area contributed by atoms with Crippen LogP contribution in [0.1, 0.15) is 48.6 Å². The number of anilines is 1. The Bertz CT molecular complexity index is 464. The van der Waals surface area contributed by atoms with E-state index in [1.54, 1.807) is 0 Å². The van der Waals surface area contributed by atoms with Crippen molar-refractivity contribution < 1.29 is 4.79 Å². The fourth-order valence-corrected chi connectivity index (χ4v) is 1.99. The molecule has 0 saturated heterocycles. The maximum atomic E-state index is 12.1. The van der Waals surface area contributed by atoms with Crippen LogP contribution < -0.4 is 5.32 Å². The van der Waals surface area contributed by atoms with Gasteiger partial charge in [-0.05, 0) is 62.4 Å². The highest BCUT2D eigenvalue weighted by atomic mass is 16.2. The molecule has 0 bridgehead atoms. The molecule has 1 aromatic carbocycles. The lowest BCUT2D eigenvalue weighted by molar-refractivity contribution is -0.123. The SMILES string of the molecule is Cc1c(C)c(C)c(NC(=O)C(C)(C)C)c(C)c1C. The third-order valence-electron chi connectivity index (χ3n) is 3.92. The number of nitrogens with one attached hydrogen (secondary N) is 1. The molecule has 0 atom stereocenters. The van der Waals surface area contributed by atoms with Crippen molar-refractivity contribution in [2.75, 3.05) is 5.32 Å². The first-order chi connectivity index (χ1) is 8.07. The van der Waals surface area contributed by atoms with Crippen molar-refractivity contribution in [3.05, 3.63) is 27.8 Å². The van der Waals surface area contributed by atoms with Crippen molar-refractivity contribution >= 4 is 11.6 Å². The van der Waals surface area contributed by atoms with Gasteiger partial charge < -0.3 is 5.32 Å². The van der Waals surface area contributed by atoms with Crippen molar-refractivity contribution in [3.63, 3.8) is 0 Å². The molecule has 1 amide bonds. The molecule has 0 aliphatic heterocycles. The van der Waals surface area contributed by atoms with Gasteiger partial charge in [-0.3, -0.25) is 4.79 Å². The molecule has 18 heavy (non-hydrogen) atoms. The summed E-state index contributed by atoms with van der Waals surface area (Å²) in [5.74, 6) is 0.0661. The topological polar surface area (TPSA) is 29.1 Å². The van der Waals surface area contributed by atoms with Gasteiger partial charge in [0.1, 0.15) is 0 Å². The van der Waals surface area contributed by atoms with Gasteiger partial charge >= 0.3 is 0 Å². The molecule has 0 aromatic heterocycles. The van der Waals surface area contributed by atoms with Crippen LogP contribution in [0, 0.1) is 40.0 Å². The lowest BCUT2D eigenvalue weighted by atomic mass is 9.91. The molecular formula is C16H25NO. The zero-order chi connectivity index (χ0) is 14.2. The van der Waals surface area contributed by atoms with Gasteiger partial charge in [0.2, 0.25) is 5.91 Å². The van der Waals surface area contributed by atoms with Crippen LogP contribution in [0.2, 0.25) is 0 Å². The highest BCUT2D eigenvalue weighted by Gasteiger charge is 2.23. The maximum absolute atomic E-state index is 12.1. The summed E-state index contributed by atoms with van der Waals surface area (Å²) in [5.41, 5.74) is 6.81. The van der Waals surface area contributed by atoms with Crippen molar-refractivity contribution in [2.24, 2.45) is 5.41 Å². The van der Waals surface area contributed by atoms with Gasteiger partial charge in [-0.25, -0.2) is 0 Å². The van der Waals surface area contributed by atoms with E-state index in [2.05, 4.69) is 39.9 Å². The normalized spacial score (nSPS) is 11.6. The van der Waals surface area contributed by atoms with Gasteiger partial charge in [0.25, 0.3) is 0 Å². The maximum Gasteiger partial charge on any atom is 0.229 e. The fourth-order valence-electron chi connectivity index (χ4n) is 1.99. The number of rotatable bonds is 1. The van der Waals surface area contributed by atoms with Gasteiger partial charge in [0.05, 0.1) is 0 Å². The standard InChI is InChI=1S/C16H25NO/c1-9-10(2)12(4)14(13(5)11(9)3)17-15(18)16(6,7)8/h1-8H3,(H,17,18). The monoisotopic (exact) mass is 247 g/mol. The highest BCUT2D eigenvalue weighted by Crippen LogP contribution is 2.31. The molecule has 0 fully saturated rings. The van der Waals surface area contributed by atoms with Crippen LogP contribution in [0.5, 0.6) is 0 Å². The molecule has 0 aliphatic carbocycles. The van der Waals surface area contributed by atoms with Crippen molar-refractivity contribution in [1.82, 2.24) is 0 Å². The minimum Gasteiger partial charge on any atom is -0.325 e. The smallest absolute Gasteiger partial charge is 0.229 e. The molecule has 2 heteroatoms. The van der Waals surface area contributed by atoms with E-state index in [9.17, 15) is 4.79 Å². The third-order valence-corrected chi connectivity index (χ3v) is 3.92. The Labute approximate surface area is 111 Å². The van der Waals surface area contributed by atoms with Crippen molar-refractivity contribution in [3.8, 4) is 0 Å². The van der Waals surface area contributed by atoms with Crippen LogP contribution in [-0.4, -0.2) is 5.91 Å². The van der Waals surface area contributed by atoms with E-state index in [0.717, 1.165) is 5.69 Å². The number of carbonyl (C=O) groups excluding carboxylic acids is 1. The van der Waals surface area contributed by atoms with Crippen LogP contribution in [0.25, 0.3) is 0 Å². The molecule has 0 aliphatic rings. The predicted molar refractivity (Wildman–Crippen MR) is 78.2 cm³/mol. The minimum atomic E-state index is -0.369. The molecule has 0 radical (unpaired) electrons. The first-order valence-corrected chi connectivity index (χ1v) is 6.45. The third kappa shape index (κ3) is 2.58. The summed E-state index contributed by atoms with van der Waals surface area (Å²) in [7, 11) is 0. The summed E-state index contributed by atoms with van der Waals surface area (Å²) in [6.45, 7) is 16.3. The van der Waals surface area contributed by atoms with E-state index in [0.29, 0.717) is 0 Å². The van der Waals surface area contributed by atoms with Crippen LogP contribution in [0.3, 0.4) is 0 Å². The van der Waals surface area contributed by atoms with E-state index in [4.69, 9.17) is 0 Å². The Morgan fingerprint density at radius 3 is 1.44 bits per heavy atom. The van der Waals surface area contributed by atoms with Gasteiger partial charge in [-0.15, -0.1) is 0 Å². The molecule has 1 aromatic rings. The van der Waals surface area contributed by atoms with Gasteiger partial charge in [-0.2, -0.15) is 0 Å². The molecule has 1 rings (SSSR count). The van der Waals surface area contributed by atoms with Gasteiger partial charge in [-0.1, -0.05) is 20.8 Å². The fraction of sp³-hybridized carbons (Fsp3) is 0.562. The molecule has 0 heterocycles. The number of hydrogen-bond donors (Lipinski definition) is 1. The minimum absolute atomic E-state index is 0.0661. The zero-order valence-electron chi connectivity index (χ0n) is 12.9. The quantitative estimate of drug-likeness (QED) is 0.791. The molecule has 0 unspecified atom stereocenters. The average Bonchev–Trinajstić information content (AvgIpc) is 2.28. The van der Waals surface area contributed by atoms with E-state index in [1.807, 2.05) is 20.8 Å². The molecule has 100 valence electrons. The van der Waals surface area contributed by atoms with Gasteiger partial charge in [0.15, 0.2) is 0 Å². The van der Waals surface area contributed by atoms with Gasteiger partial charge in [0, 0.05) is 11.1 Å². The van der Waals surface area contributed by atoms with E-state index in [1.165, 1.54) is 27.8 Å². The molecular weight excluding hydrogens is 222 g/mol. The highest BCUT2D eigenvalue weighted by molar-refractivity contribution is 5.96. The van der Waals surface area contributed by atoms with Crippen LogP contribution in [0.4, 0.5) is 5.69 Å². The zero-order valence-corrected chi connectivity index (χ0v) is 12.9. The first kappa shape index (κ1) is 14.7. The molecule has 0 spiro atoms. The Morgan fingerprint density at radius 2 is 1.11 bits per heavy atom. The summed E-state index contributed by atoms with van der Waals surface area (Å²) in [5, 5.41) is 3.09. The second kappa shape index (κ2) is 4.75. The van der Waals surface area contributed by atoms with Crippen LogP contribution >= 0.6 is 0 Å². The Morgan fingerprint density at radius 1 is 0.778 bits per heavy atom. The van der Waals surface area contributed by atoms with E-state index < -0.39 is 0 Å². The molecule has 2 nitrogen and oxygen atoms in total. The molecule has 0 saturated carbocycles. The van der Waals surface area contributed by atoms with E-state index in [-0.39, 0.29) is 11.3 Å². The largest absolute Gasteiger partial charge is 0.325 e. The number of amides is 1. The second-order valence-corrected chi connectivity index (χ2v) is 6.20.